The van der Waals surface area contributed by atoms with Gasteiger partial charge in [-0.15, -0.1) is 0 Å². The number of carbonyl (C=O) groups excluding carboxylic acids is 1. The van der Waals surface area contributed by atoms with Crippen molar-refractivity contribution < 1.29 is 9.90 Å². The van der Waals surface area contributed by atoms with Crippen LogP contribution in [0.25, 0.3) is 0 Å². The summed E-state index contributed by atoms with van der Waals surface area (Å²) in [7, 11) is 0. The first-order valence-corrected chi connectivity index (χ1v) is 9.19. The van der Waals surface area contributed by atoms with Gasteiger partial charge in [-0.1, -0.05) is 70.4 Å². The zero-order valence-corrected chi connectivity index (χ0v) is 15.1. The van der Waals surface area contributed by atoms with Crippen LogP contribution in [0.2, 0.25) is 0 Å². The molecule has 0 fully saturated rings. The Hall–Kier alpha value is -0.580. The van der Waals surface area contributed by atoms with Crippen molar-refractivity contribution in [3.05, 3.63) is 33.4 Å². The van der Waals surface area contributed by atoms with Gasteiger partial charge in [-0.05, 0) is 46.7 Å². The van der Waals surface area contributed by atoms with Crippen molar-refractivity contribution in [1.82, 2.24) is 0 Å². The van der Waals surface area contributed by atoms with Gasteiger partial charge in [0.05, 0.1) is 0 Å². The average molecular weight is 401 g/mol. The van der Waals surface area contributed by atoms with Crippen LogP contribution in [-0.2, 0) is 4.79 Å². The number of unbranched alkanes of at least 4 members (excludes halogenated alkanes) is 7. The van der Waals surface area contributed by atoms with Crippen LogP contribution in [0, 0.1) is 3.57 Å². The lowest BCUT2D eigenvalue weighted by Crippen LogP contribution is -2.29. The van der Waals surface area contributed by atoms with Crippen molar-refractivity contribution in [1.29, 1.82) is 0 Å². The molecule has 1 aromatic rings. The number of benzene rings is 1. The van der Waals surface area contributed by atoms with Crippen LogP contribution in [0.1, 0.15) is 76.2 Å². The third-order valence-corrected chi connectivity index (χ3v) is 4.62. The van der Waals surface area contributed by atoms with Gasteiger partial charge in [0, 0.05) is 15.5 Å². The van der Waals surface area contributed by atoms with Gasteiger partial charge < -0.3 is 9.90 Å². The topological polar surface area (TPSA) is 40.1 Å². The third kappa shape index (κ3) is 7.84. The minimum absolute atomic E-state index is 0.456. The summed E-state index contributed by atoms with van der Waals surface area (Å²) < 4.78 is 1.13. The van der Waals surface area contributed by atoms with Gasteiger partial charge in [-0.25, -0.2) is 0 Å². The van der Waals surface area contributed by atoms with E-state index in [2.05, 4.69) is 29.5 Å². The standard InChI is InChI=1S/C18H27IO2/c1-2-3-4-5-6-7-8-9-10-17(18(20)21)15-11-13-16(19)14-12-15/h11-14,17H,2-10H2,1H3,(H,20,21)/p-1. The first-order valence-electron chi connectivity index (χ1n) is 8.11. The van der Waals surface area contributed by atoms with Gasteiger partial charge in [0.1, 0.15) is 0 Å². The van der Waals surface area contributed by atoms with E-state index in [-0.39, 0.29) is 0 Å². The second kappa shape index (κ2) is 11.0. The lowest BCUT2D eigenvalue weighted by Gasteiger charge is -2.18. The van der Waals surface area contributed by atoms with E-state index >= 15 is 0 Å². The van der Waals surface area contributed by atoms with Crippen LogP contribution in [0.3, 0.4) is 0 Å². The van der Waals surface area contributed by atoms with Gasteiger partial charge in [-0.3, -0.25) is 0 Å². The molecule has 21 heavy (non-hydrogen) atoms. The molecule has 0 saturated heterocycles. The molecule has 0 spiro atoms. The highest BCUT2D eigenvalue weighted by molar-refractivity contribution is 14.1. The minimum atomic E-state index is -0.945. The Morgan fingerprint density at radius 3 is 2.05 bits per heavy atom. The van der Waals surface area contributed by atoms with E-state index in [1.165, 1.54) is 38.5 Å². The largest absolute Gasteiger partial charge is 0.549 e. The molecule has 0 aliphatic heterocycles. The zero-order valence-electron chi connectivity index (χ0n) is 12.9. The maximum Gasteiger partial charge on any atom is 0.0489 e. The lowest BCUT2D eigenvalue weighted by molar-refractivity contribution is -0.308. The Balaban J connectivity index is 2.26. The average Bonchev–Trinajstić information content (AvgIpc) is 2.47. The molecule has 0 bridgehead atoms. The molecule has 0 heterocycles. The molecular weight excluding hydrogens is 375 g/mol. The first kappa shape index (κ1) is 18.5. The molecule has 0 N–H and O–H groups in total. The molecule has 0 aliphatic carbocycles. The molecule has 3 heteroatoms. The number of carbonyl (C=O) groups is 1. The monoisotopic (exact) mass is 401 g/mol. The van der Waals surface area contributed by atoms with Crippen molar-refractivity contribution >= 4 is 28.6 Å². The van der Waals surface area contributed by atoms with E-state index in [0.29, 0.717) is 6.42 Å². The number of halogens is 1. The predicted molar refractivity (Wildman–Crippen MR) is 94.1 cm³/mol. The number of hydrogen-bond acceptors (Lipinski definition) is 2. The highest BCUT2D eigenvalue weighted by atomic mass is 127. The van der Waals surface area contributed by atoms with E-state index in [4.69, 9.17) is 0 Å². The Morgan fingerprint density at radius 2 is 1.52 bits per heavy atom. The SMILES string of the molecule is CCCCCCCCCCC(C(=O)[O-])c1ccc(I)cc1. The summed E-state index contributed by atoms with van der Waals surface area (Å²) in [6, 6.07) is 7.74. The van der Waals surface area contributed by atoms with Crippen molar-refractivity contribution in [2.75, 3.05) is 0 Å². The molecule has 2 nitrogen and oxygen atoms in total. The summed E-state index contributed by atoms with van der Waals surface area (Å²) in [4.78, 5) is 11.3. The molecule has 0 radical (unpaired) electrons. The normalized spacial score (nSPS) is 12.3. The van der Waals surface area contributed by atoms with Crippen molar-refractivity contribution in [3.63, 3.8) is 0 Å². The smallest absolute Gasteiger partial charge is 0.0489 e. The number of hydrogen-bond donors (Lipinski definition) is 0. The molecule has 1 atom stereocenters. The van der Waals surface area contributed by atoms with Crippen LogP contribution in [-0.4, -0.2) is 5.97 Å². The van der Waals surface area contributed by atoms with Gasteiger partial charge in [-0.2, -0.15) is 0 Å². The van der Waals surface area contributed by atoms with Gasteiger partial charge >= 0.3 is 0 Å². The van der Waals surface area contributed by atoms with Crippen LogP contribution in [0.15, 0.2) is 24.3 Å². The number of carboxylic acid groups (broad SMARTS) is 1. The van der Waals surface area contributed by atoms with E-state index in [9.17, 15) is 9.90 Å². The van der Waals surface area contributed by atoms with E-state index in [1.54, 1.807) is 0 Å². The summed E-state index contributed by atoms with van der Waals surface area (Å²) in [5.41, 5.74) is 0.873. The molecule has 0 saturated carbocycles. The molecule has 118 valence electrons. The highest BCUT2D eigenvalue weighted by Gasteiger charge is 2.12. The summed E-state index contributed by atoms with van der Waals surface area (Å²) in [5, 5.41) is 11.3. The fourth-order valence-corrected chi connectivity index (χ4v) is 2.96. The van der Waals surface area contributed by atoms with Crippen molar-refractivity contribution in [2.24, 2.45) is 0 Å². The predicted octanol–water partition coefficient (Wildman–Crippen LogP) is 4.66. The molecule has 0 aromatic heterocycles. The Bertz CT molecular complexity index is 400. The summed E-state index contributed by atoms with van der Waals surface area (Å²) in [6.07, 6.45) is 10.5. The van der Waals surface area contributed by atoms with Crippen LogP contribution in [0.5, 0.6) is 0 Å². The Labute approximate surface area is 142 Å². The molecule has 0 aliphatic rings. The van der Waals surface area contributed by atoms with Crippen molar-refractivity contribution in [2.45, 2.75) is 70.6 Å². The summed E-state index contributed by atoms with van der Waals surface area (Å²) >= 11 is 2.23. The molecule has 1 rings (SSSR count). The van der Waals surface area contributed by atoms with Gasteiger partial charge in [0.25, 0.3) is 0 Å². The minimum Gasteiger partial charge on any atom is -0.549 e. The maximum absolute atomic E-state index is 11.3. The van der Waals surface area contributed by atoms with E-state index < -0.39 is 11.9 Å². The Morgan fingerprint density at radius 1 is 1.00 bits per heavy atom. The lowest BCUT2D eigenvalue weighted by atomic mass is 9.93. The second-order valence-electron chi connectivity index (χ2n) is 5.69. The maximum atomic E-state index is 11.3. The fraction of sp³-hybridized carbons (Fsp3) is 0.611. The first-order chi connectivity index (χ1) is 10.1. The third-order valence-electron chi connectivity index (χ3n) is 3.90. The van der Waals surface area contributed by atoms with Crippen LogP contribution < -0.4 is 5.11 Å². The second-order valence-corrected chi connectivity index (χ2v) is 6.93. The Kier molecular flexibility index (Phi) is 9.72. The van der Waals surface area contributed by atoms with Crippen molar-refractivity contribution in [3.8, 4) is 0 Å². The van der Waals surface area contributed by atoms with E-state index in [0.717, 1.165) is 22.0 Å². The van der Waals surface area contributed by atoms with Crippen LogP contribution >= 0.6 is 22.6 Å². The highest BCUT2D eigenvalue weighted by Crippen LogP contribution is 2.23. The van der Waals surface area contributed by atoms with E-state index in [1.807, 2.05) is 24.3 Å². The zero-order chi connectivity index (χ0) is 15.5. The fourth-order valence-electron chi connectivity index (χ4n) is 2.60. The quantitative estimate of drug-likeness (QED) is 0.400. The van der Waals surface area contributed by atoms with Gasteiger partial charge in [0.2, 0.25) is 0 Å². The molecular formula is C18H26IO2-. The van der Waals surface area contributed by atoms with Gasteiger partial charge in [0.15, 0.2) is 0 Å². The number of aliphatic carboxylic acids is 1. The number of rotatable bonds is 11. The molecule has 0 amide bonds. The van der Waals surface area contributed by atoms with Crippen LogP contribution in [0.4, 0.5) is 0 Å². The molecule has 1 aromatic carbocycles. The summed E-state index contributed by atoms with van der Waals surface area (Å²) in [5.74, 6) is -1.40. The number of carboxylic acids is 1. The molecule has 1 unspecified atom stereocenters. The summed E-state index contributed by atoms with van der Waals surface area (Å²) in [6.45, 7) is 2.23.